The quantitative estimate of drug-likeness (QED) is 0.632. The van der Waals surface area contributed by atoms with Crippen LogP contribution >= 0.6 is 0 Å². The summed E-state index contributed by atoms with van der Waals surface area (Å²) >= 11 is 0. The Hall–Kier alpha value is -1.82. The van der Waals surface area contributed by atoms with E-state index in [1.54, 1.807) is 18.2 Å². The van der Waals surface area contributed by atoms with E-state index in [4.69, 9.17) is 9.47 Å². The van der Waals surface area contributed by atoms with Crippen LogP contribution in [0.15, 0.2) is 18.2 Å². The van der Waals surface area contributed by atoms with Crippen molar-refractivity contribution in [3.8, 4) is 11.5 Å². The van der Waals surface area contributed by atoms with Crippen LogP contribution in [0.5, 0.6) is 11.5 Å². The Morgan fingerprint density at radius 2 is 2.41 bits per heavy atom. The smallest absolute Gasteiger partial charge is 0.211 e. The Morgan fingerprint density at radius 1 is 1.65 bits per heavy atom. The summed E-state index contributed by atoms with van der Waals surface area (Å²) in [5.41, 5.74) is 0.714. The Labute approximate surface area is 97.9 Å². The summed E-state index contributed by atoms with van der Waals surface area (Å²) in [6, 6.07) is 5.21. The van der Waals surface area contributed by atoms with Crippen molar-refractivity contribution < 1.29 is 19.5 Å². The van der Waals surface area contributed by atoms with Gasteiger partial charge >= 0.3 is 0 Å². The number of ether oxygens (including phenoxy) is 2. The topological polar surface area (TPSA) is 81.8 Å². The maximum Gasteiger partial charge on any atom is 0.211 e. The first kappa shape index (κ1) is 11.7. The van der Waals surface area contributed by atoms with Gasteiger partial charge in [-0.2, -0.15) is 0 Å². The van der Waals surface area contributed by atoms with Gasteiger partial charge in [-0.05, 0) is 6.07 Å². The molecule has 0 aromatic heterocycles. The van der Waals surface area contributed by atoms with Crippen molar-refractivity contribution in [1.29, 1.82) is 0 Å². The van der Waals surface area contributed by atoms with Crippen LogP contribution in [0.1, 0.15) is 17.9 Å². The minimum atomic E-state index is -1.02. The fourth-order valence-corrected chi connectivity index (χ4v) is 2.05. The second-order valence-electron chi connectivity index (χ2n) is 3.90. The standard InChI is InChI=1S/C11H13NO5/c1-16-9-4-2-3-8-7(6-12(14)15)5-10(13)17-11(8)9/h2-4,7,10,13H,5-6H2,1H3/t7-,10?/m1/s1. The highest BCUT2D eigenvalue weighted by molar-refractivity contribution is 5.49. The minimum absolute atomic E-state index is 0.222. The SMILES string of the molecule is COc1cccc2c1OC(O)C[C@@H]2C[N+](=O)[O-]. The molecule has 1 unspecified atom stereocenters. The van der Waals surface area contributed by atoms with Gasteiger partial charge in [-0.1, -0.05) is 12.1 Å². The fraction of sp³-hybridized carbons (Fsp3) is 0.455. The minimum Gasteiger partial charge on any atom is -0.493 e. The maximum atomic E-state index is 10.6. The molecule has 0 fully saturated rings. The lowest BCUT2D eigenvalue weighted by Crippen LogP contribution is -2.28. The van der Waals surface area contributed by atoms with Gasteiger partial charge < -0.3 is 14.6 Å². The zero-order valence-electron chi connectivity index (χ0n) is 9.33. The lowest BCUT2D eigenvalue weighted by atomic mass is 9.92. The molecule has 1 N–H and O–H groups in total. The molecule has 0 aliphatic carbocycles. The summed E-state index contributed by atoms with van der Waals surface area (Å²) in [7, 11) is 1.49. The van der Waals surface area contributed by atoms with Gasteiger partial charge in [-0.25, -0.2) is 0 Å². The first-order valence-electron chi connectivity index (χ1n) is 5.25. The van der Waals surface area contributed by atoms with Crippen LogP contribution in [0.25, 0.3) is 0 Å². The van der Waals surface area contributed by atoms with Crippen LogP contribution in [0.3, 0.4) is 0 Å². The Kier molecular flexibility index (Phi) is 3.14. The normalized spacial score (nSPS) is 22.5. The first-order valence-corrected chi connectivity index (χ1v) is 5.25. The van der Waals surface area contributed by atoms with Gasteiger partial charge in [0.05, 0.1) is 13.0 Å². The maximum absolute atomic E-state index is 10.6. The second kappa shape index (κ2) is 4.58. The number of methoxy groups -OCH3 is 1. The highest BCUT2D eigenvalue weighted by Crippen LogP contribution is 2.41. The number of aliphatic hydroxyl groups excluding tert-OH is 1. The van der Waals surface area contributed by atoms with E-state index < -0.39 is 6.29 Å². The van der Waals surface area contributed by atoms with Crippen molar-refractivity contribution in [2.45, 2.75) is 18.6 Å². The third-order valence-corrected chi connectivity index (χ3v) is 2.78. The molecule has 1 heterocycles. The summed E-state index contributed by atoms with van der Waals surface area (Å²) in [4.78, 5) is 10.2. The molecule has 6 nitrogen and oxygen atoms in total. The van der Waals surface area contributed by atoms with Crippen molar-refractivity contribution in [3.05, 3.63) is 33.9 Å². The molecule has 0 spiro atoms. The zero-order chi connectivity index (χ0) is 12.4. The lowest BCUT2D eigenvalue weighted by molar-refractivity contribution is -0.484. The number of nitrogens with zero attached hydrogens (tertiary/aromatic N) is 1. The van der Waals surface area contributed by atoms with E-state index in [0.717, 1.165) is 0 Å². The molecule has 1 aromatic carbocycles. The van der Waals surface area contributed by atoms with Gasteiger partial charge in [0, 0.05) is 16.9 Å². The lowest BCUT2D eigenvalue weighted by Gasteiger charge is -2.28. The Morgan fingerprint density at radius 3 is 3.06 bits per heavy atom. The highest BCUT2D eigenvalue weighted by atomic mass is 16.6. The fourth-order valence-electron chi connectivity index (χ4n) is 2.05. The largest absolute Gasteiger partial charge is 0.493 e. The summed E-state index contributed by atoms with van der Waals surface area (Å²) in [5.74, 6) is 0.536. The van der Waals surface area contributed by atoms with Crippen LogP contribution in [0, 0.1) is 10.1 Å². The molecule has 1 aromatic rings. The van der Waals surface area contributed by atoms with E-state index in [0.29, 0.717) is 17.1 Å². The molecule has 6 heteroatoms. The van der Waals surface area contributed by atoms with Gasteiger partial charge in [-0.3, -0.25) is 10.1 Å². The monoisotopic (exact) mass is 239 g/mol. The molecule has 1 aliphatic heterocycles. The number of benzene rings is 1. The van der Waals surface area contributed by atoms with Crippen LogP contribution in [-0.2, 0) is 0 Å². The molecule has 2 atom stereocenters. The average Bonchev–Trinajstić information content (AvgIpc) is 2.27. The molecule has 0 saturated carbocycles. The summed E-state index contributed by atoms with van der Waals surface area (Å²) in [6.45, 7) is -0.222. The molecule has 0 radical (unpaired) electrons. The van der Waals surface area contributed by atoms with Crippen molar-refractivity contribution in [2.24, 2.45) is 0 Å². The van der Waals surface area contributed by atoms with Crippen molar-refractivity contribution in [2.75, 3.05) is 13.7 Å². The molecule has 0 bridgehead atoms. The first-order chi connectivity index (χ1) is 8.11. The average molecular weight is 239 g/mol. The Bertz CT molecular complexity index is 434. The van der Waals surface area contributed by atoms with E-state index in [2.05, 4.69) is 0 Å². The number of nitro groups is 1. The molecular weight excluding hydrogens is 226 g/mol. The molecular formula is C11H13NO5. The molecule has 0 amide bonds. The van der Waals surface area contributed by atoms with Gasteiger partial charge in [0.25, 0.3) is 0 Å². The predicted octanol–water partition coefficient (Wildman–Crippen LogP) is 1.16. The van der Waals surface area contributed by atoms with Crippen LogP contribution < -0.4 is 9.47 Å². The number of hydrogen-bond donors (Lipinski definition) is 1. The van der Waals surface area contributed by atoms with E-state index in [-0.39, 0.29) is 23.8 Å². The number of rotatable bonds is 3. The number of fused-ring (bicyclic) bond motifs is 1. The van der Waals surface area contributed by atoms with Crippen molar-refractivity contribution >= 4 is 0 Å². The van der Waals surface area contributed by atoms with Crippen LogP contribution in [-0.4, -0.2) is 30.0 Å². The number of aliphatic hydroxyl groups is 1. The molecule has 17 heavy (non-hydrogen) atoms. The van der Waals surface area contributed by atoms with Gasteiger partial charge in [0.15, 0.2) is 17.8 Å². The van der Waals surface area contributed by atoms with E-state index in [1.165, 1.54) is 7.11 Å². The van der Waals surface area contributed by atoms with Gasteiger partial charge in [0.2, 0.25) is 6.54 Å². The molecule has 2 rings (SSSR count). The predicted molar refractivity (Wildman–Crippen MR) is 58.8 cm³/mol. The summed E-state index contributed by atoms with van der Waals surface area (Å²) in [5, 5.41) is 20.1. The third kappa shape index (κ3) is 2.31. The van der Waals surface area contributed by atoms with E-state index >= 15 is 0 Å². The summed E-state index contributed by atoms with van der Waals surface area (Å²) < 4.78 is 10.4. The molecule has 0 saturated heterocycles. The molecule has 1 aliphatic rings. The van der Waals surface area contributed by atoms with Gasteiger partial charge in [0.1, 0.15) is 0 Å². The molecule has 92 valence electrons. The number of para-hydroxylation sites is 1. The van der Waals surface area contributed by atoms with Crippen LogP contribution in [0.2, 0.25) is 0 Å². The zero-order valence-corrected chi connectivity index (χ0v) is 9.33. The van der Waals surface area contributed by atoms with E-state index in [1.807, 2.05) is 0 Å². The Balaban J connectivity index is 2.39. The number of hydrogen-bond acceptors (Lipinski definition) is 5. The van der Waals surface area contributed by atoms with Crippen molar-refractivity contribution in [3.63, 3.8) is 0 Å². The van der Waals surface area contributed by atoms with E-state index in [9.17, 15) is 15.2 Å². The van der Waals surface area contributed by atoms with Crippen LogP contribution in [0.4, 0.5) is 0 Å². The second-order valence-corrected chi connectivity index (χ2v) is 3.90. The third-order valence-electron chi connectivity index (χ3n) is 2.78. The highest BCUT2D eigenvalue weighted by Gasteiger charge is 2.32. The van der Waals surface area contributed by atoms with Gasteiger partial charge in [-0.15, -0.1) is 0 Å². The van der Waals surface area contributed by atoms with Crippen molar-refractivity contribution in [1.82, 2.24) is 0 Å². The summed E-state index contributed by atoms with van der Waals surface area (Å²) in [6.07, 6.45) is -0.801.